The van der Waals surface area contributed by atoms with Crippen LogP contribution in [0.5, 0.6) is 5.75 Å². The lowest BCUT2D eigenvalue weighted by Crippen LogP contribution is -2.20. The van der Waals surface area contributed by atoms with Gasteiger partial charge in [0.2, 0.25) is 0 Å². The molecule has 2 N–H and O–H groups in total. The van der Waals surface area contributed by atoms with Gasteiger partial charge in [-0.1, -0.05) is 60.2 Å². The van der Waals surface area contributed by atoms with Crippen molar-refractivity contribution in [1.29, 1.82) is 0 Å². The summed E-state index contributed by atoms with van der Waals surface area (Å²) in [6.07, 6.45) is 0. The average molecular weight is 318 g/mol. The normalized spacial score (nSPS) is 10.4. The van der Waals surface area contributed by atoms with Gasteiger partial charge in [-0.2, -0.15) is 0 Å². The minimum atomic E-state index is 0.584. The predicted molar refractivity (Wildman–Crippen MR) is 98.9 cm³/mol. The molecule has 0 fully saturated rings. The summed E-state index contributed by atoms with van der Waals surface area (Å²) in [4.78, 5) is 0. The van der Waals surface area contributed by atoms with Gasteiger partial charge >= 0.3 is 0 Å². The van der Waals surface area contributed by atoms with Crippen LogP contribution in [0.4, 0.5) is 5.69 Å². The van der Waals surface area contributed by atoms with Crippen molar-refractivity contribution in [3.8, 4) is 5.75 Å². The van der Waals surface area contributed by atoms with E-state index in [9.17, 15) is 0 Å². The highest BCUT2D eigenvalue weighted by atomic mass is 16.5. The summed E-state index contributed by atoms with van der Waals surface area (Å²) in [7, 11) is 0. The molecule has 0 radical (unpaired) electrons. The average Bonchev–Trinajstić information content (AvgIpc) is 2.61. The van der Waals surface area contributed by atoms with Crippen LogP contribution < -0.4 is 15.6 Å². The maximum Gasteiger partial charge on any atom is 0.120 e. The molecule has 3 rings (SSSR count). The van der Waals surface area contributed by atoms with E-state index in [2.05, 4.69) is 54.2 Å². The van der Waals surface area contributed by atoms with E-state index in [1.54, 1.807) is 0 Å². The third-order valence-electron chi connectivity index (χ3n) is 3.69. The molecule has 0 aliphatic rings. The van der Waals surface area contributed by atoms with E-state index < -0.39 is 0 Å². The van der Waals surface area contributed by atoms with Gasteiger partial charge in [0, 0.05) is 12.2 Å². The van der Waals surface area contributed by atoms with Gasteiger partial charge in [0.25, 0.3) is 0 Å². The Morgan fingerprint density at radius 2 is 1.58 bits per heavy atom. The fraction of sp³-hybridized carbons (Fsp3) is 0.143. The zero-order valence-electron chi connectivity index (χ0n) is 13.8. The van der Waals surface area contributed by atoms with Crippen molar-refractivity contribution in [2.75, 3.05) is 5.43 Å². The summed E-state index contributed by atoms with van der Waals surface area (Å²) in [5.41, 5.74) is 11.1. The number of aryl methyl sites for hydroxylation is 1. The third-order valence-corrected chi connectivity index (χ3v) is 3.69. The minimum absolute atomic E-state index is 0.584. The molecule has 0 aliphatic carbocycles. The molecular weight excluding hydrogens is 296 g/mol. The second-order valence-electron chi connectivity index (χ2n) is 5.77. The number of hydrogen-bond donors (Lipinski definition) is 2. The number of ether oxygens (including phenoxy) is 1. The summed E-state index contributed by atoms with van der Waals surface area (Å²) in [6, 6.07) is 26.6. The van der Waals surface area contributed by atoms with Crippen LogP contribution >= 0.6 is 0 Å². The monoisotopic (exact) mass is 318 g/mol. The number of hydrogen-bond acceptors (Lipinski definition) is 3. The SMILES string of the molecule is Cc1cccc(COc2cccc(CNNc3ccccc3)c2)c1. The predicted octanol–water partition coefficient (Wildman–Crippen LogP) is 4.69. The van der Waals surface area contributed by atoms with Crippen LogP contribution in [-0.2, 0) is 13.2 Å². The molecule has 0 saturated heterocycles. The van der Waals surface area contributed by atoms with Crippen LogP contribution in [0.15, 0.2) is 78.9 Å². The van der Waals surface area contributed by atoms with Crippen molar-refractivity contribution < 1.29 is 4.74 Å². The molecule has 0 bridgehead atoms. The van der Waals surface area contributed by atoms with Gasteiger partial charge in [-0.15, -0.1) is 0 Å². The molecule has 0 amide bonds. The highest BCUT2D eigenvalue weighted by molar-refractivity contribution is 5.41. The van der Waals surface area contributed by atoms with Crippen molar-refractivity contribution in [2.45, 2.75) is 20.1 Å². The molecule has 122 valence electrons. The smallest absolute Gasteiger partial charge is 0.120 e. The first-order valence-corrected chi connectivity index (χ1v) is 8.11. The number of para-hydroxylation sites is 1. The van der Waals surface area contributed by atoms with Crippen molar-refractivity contribution in [3.05, 3.63) is 95.6 Å². The lowest BCUT2D eigenvalue weighted by Gasteiger charge is -2.11. The molecule has 0 atom stereocenters. The first kappa shape index (κ1) is 16.1. The molecule has 3 nitrogen and oxygen atoms in total. The van der Waals surface area contributed by atoms with Crippen molar-refractivity contribution in [1.82, 2.24) is 5.43 Å². The minimum Gasteiger partial charge on any atom is -0.489 e. The Kier molecular flexibility index (Phi) is 5.48. The summed E-state index contributed by atoms with van der Waals surface area (Å²) >= 11 is 0. The topological polar surface area (TPSA) is 33.3 Å². The van der Waals surface area contributed by atoms with Gasteiger partial charge < -0.3 is 10.2 Å². The van der Waals surface area contributed by atoms with Crippen molar-refractivity contribution in [3.63, 3.8) is 0 Å². The summed E-state index contributed by atoms with van der Waals surface area (Å²) in [5.74, 6) is 0.885. The molecular formula is C21H22N2O. The zero-order chi connectivity index (χ0) is 16.6. The number of nitrogens with one attached hydrogen (secondary N) is 2. The first-order valence-electron chi connectivity index (χ1n) is 8.11. The van der Waals surface area contributed by atoms with E-state index in [-0.39, 0.29) is 0 Å². The fourth-order valence-corrected chi connectivity index (χ4v) is 2.48. The van der Waals surface area contributed by atoms with E-state index in [1.807, 2.05) is 42.5 Å². The molecule has 3 heteroatoms. The largest absolute Gasteiger partial charge is 0.489 e. The second kappa shape index (κ2) is 8.18. The Bertz CT molecular complexity index is 772. The Labute approximate surface area is 143 Å². The number of anilines is 1. The molecule has 0 aromatic heterocycles. The number of benzene rings is 3. The van der Waals surface area contributed by atoms with Gasteiger partial charge in [-0.3, -0.25) is 0 Å². The van der Waals surface area contributed by atoms with Crippen LogP contribution in [0.3, 0.4) is 0 Å². The molecule has 3 aromatic carbocycles. The Morgan fingerprint density at radius 3 is 2.42 bits per heavy atom. The maximum atomic E-state index is 5.90. The van der Waals surface area contributed by atoms with Crippen LogP contribution in [0.25, 0.3) is 0 Å². The lowest BCUT2D eigenvalue weighted by atomic mass is 10.1. The van der Waals surface area contributed by atoms with Crippen molar-refractivity contribution in [2.24, 2.45) is 0 Å². The van der Waals surface area contributed by atoms with Gasteiger partial charge in [0.15, 0.2) is 0 Å². The molecule has 0 aliphatic heterocycles. The van der Waals surface area contributed by atoms with Crippen LogP contribution in [-0.4, -0.2) is 0 Å². The zero-order valence-corrected chi connectivity index (χ0v) is 13.8. The summed E-state index contributed by atoms with van der Waals surface area (Å²) < 4.78 is 5.90. The Balaban J connectivity index is 1.52. The highest BCUT2D eigenvalue weighted by Crippen LogP contribution is 2.16. The van der Waals surface area contributed by atoms with Crippen molar-refractivity contribution >= 4 is 5.69 Å². The quantitative estimate of drug-likeness (QED) is 0.620. The van der Waals surface area contributed by atoms with Crippen LogP contribution in [0.2, 0.25) is 0 Å². The standard InChI is InChI=1S/C21H22N2O/c1-17-7-5-9-19(13-17)16-24-21-12-6-8-18(14-21)15-22-23-20-10-3-2-4-11-20/h2-14,22-23H,15-16H2,1H3. The fourth-order valence-electron chi connectivity index (χ4n) is 2.48. The molecule has 24 heavy (non-hydrogen) atoms. The molecule has 0 saturated carbocycles. The number of hydrazine groups is 1. The second-order valence-corrected chi connectivity index (χ2v) is 5.77. The summed E-state index contributed by atoms with van der Waals surface area (Å²) in [5, 5.41) is 0. The van der Waals surface area contributed by atoms with Crippen LogP contribution in [0, 0.1) is 6.92 Å². The molecule has 0 spiro atoms. The van der Waals surface area contributed by atoms with E-state index >= 15 is 0 Å². The van der Waals surface area contributed by atoms with Gasteiger partial charge in [0.1, 0.15) is 12.4 Å². The maximum absolute atomic E-state index is 5.90. The van der Waals surface area contributed by atoms with Gasteiger partial charge in [-0.05, 0) is 42.3 Å². The van der Waals surface area contributed by atoms with Gasteiger partial charge in [-0.25, -0.2) is 5.43 Å². The van der Waals surface area contributed by atoms with E-state index in [1.165, 1.54) is 16.7 Å². The van der Waals surface area contributed by atoms with E-state index in [0.717, 1.165) is 18.0 Å². The van der Waals surface area contributed by atoms with Gasteiger partial charge in [0.05, 0.1) is 0 Å². The highest BCUT2D eigenvalue weighted by Gasteiger charge is 1.99. The molecule has 0 unspecified atom stereocenters. The van der Waals surface area contributed by atoms with Crippen LogP contribution in [0.1, 0.15) is 16.7 Å². The third kappa shape index (κ3) is 4.86. The Morgan fingerprint density at radius 1 is 0.792 bits per heavy atom. The number of rotatable bonds is 7. The summed E-state index contributed by atoms with van der Waals surface area (Å²) in [6.45, 7) is 3.40. The molecule has 0 heterocycles. The Hall–Kier alpha value is -2.78. The first-order chi connectivity index (χ1) is 11.8. The lowest BCUT2D eigenvalue weighted by molar-refractivity contribution is 0.306. The van der Waals surface area contributed by atoms with E-state index in [0.29, 0.717) is 6.61 Å². The van der Waals surface area contributed by atoms with E-state index in [4.69, 9.17) is 4.74 Å². The molecule has 3 aromatic rings.